The van der Waals surface area contributed by atoms with Crippen molar-refractivity contribution >= 4 is 28.7 Å². The number of carbonyl (C=O) groups is 1. The summed E-state index contributed by atoms with van der Waals surface area (Å²) in [6.45, 7) is 0.474. The average Bonchev–Trinajstić information content (AvgIpc) is 4.03. The van der Waals surface area contributed by atoms with Gasteiger partial charge in [-0.3, -0.25) is 19.6 Å². The van der Waals surface area contributed by atoms with E-state index in [2.05, 4.69) is 14.6 Å². The molecular formula is C48H47ClF4N4O8. The van der Waals surface area contributed by atoms with E-state index >= 15 is 0 Å². The van der Waals surface area contributed by atoms with Crippen LogP contribution in [0, 0.1) is 13.8 Å². The third-order valence-corrected chi connectivity index (χ3v) is 12.1. The van der Waals surface area contributed by atoms with Gasteiger partial charge in [0.05, 0.1) is 24.4 Å². The summed E-state index contributed by atoms with van der Waals surface area (Å²) in [6.07, 6.45) is 4.29. The maximum atomic E-state index is 13.6. The Morgan fingerprint density at radius 1 is 0.831 bits per heavy atom. The number of fused-ring (bicyclic) bond motifs is 1. The number of rotatable bonds is 17. The van der Waals surface area contributed by atoms with Crippen LogP contribution in [0.15, 0.2) is 83.5 Å². The number of aromatic nitrogens is 2. The Labute approximate surface area is 377 Å². The third kappa shape index (κ3) is 10.6. The first-order valence-electron chi connectivity index (χ1n) is 21.1. The summed E-state index contributed by atoms with van der Waals surface area (Å²) in [4.78, 5) is 25.2. The average molecular weight is 919 g/mol. The largest absolute Gasteiger partial charge is 0.488 e. The zero-order chi connectivity index (χ0) is 45.8. The first kappa shape index (κ1) is 45.6. The van der Waals surface area contributed by atoms with Crippen LogP contribution in [-0.4, -0.2) is 83.0 Å². The van der Waals surface area contributed by atoms with E-state index in [9.17, 15) is 27.5 Å². The highest BCUT2D eigenvalue weighted by Gasteiger charge is 2.33. The van der Waals surface area contributed by atoms with Crippen LogP contribution in [0.25, 0.3) is 33.7 Å². The van der Waals surface area contributed by atoms with E-state index in [0.29, 0.717) is 83.6 Å². The summed E-state index contributed by atoms with van der Waals surface area (Å²) in [5, 5.41) is 10.5. The molecule has 1 N–H and O–H groups in total. The molecule has 0 aliphatic carbocycles. The SMILES string of the molecule is COC(=O)[C@@H]1CCCN1Cc1cc2nc(-c3cccc(-c4cccc(COc5cc(OCc6cncc(OC(F)F)c6)c(CN6CC[C@@H](O)C6)cc5Cl)c4C)c3C)oc2cc1OC(F)F. The van der Waals surface area contributed by atoms with Crippen LogP contribution in [0.2, 0.25) is 5.02 Å². The molecule has 342 valence electrons. The predicted molar refractivity (Wildman–Crippen MR) is 233 cm³/mol. The maximum absolute atomic E-state index is 13.6. The quantitative estimate of drug-likeness (QED) is 0.0691. The number of halogens is 5. The molecule has 2 aliphatic heterocycles. The molecule has 2 atom stereocenters. The van der Waals surface area contributed by atoms with Crippen molar-refractivity contribution in [2.24, 2.45) is 0 Å². The van der Waals surface area contributed by atoms with Crippen molar-refractivity contribution in [3.63, 3.8) is 0 Å². The van der Waals surface area contributed by atoms with Crippen molar-refractivity contribution in [2.75, 3.05) is 26.7 Å². The Kier molecular flexibility index (Phi) is 14.1. The number of aliphatic hydroxyl groups excluding tert-OH is 1. The first-order valence-corrected chi connectivity index (χ1v) is 21.5. The number of likely N-dealkylation sites (tertiary alicyclic amines) is 2. The Morgan fingerprint density at radius 3 is 2.32 bits per heavy atom. The number of β-amino-alcohol motifs (C(OH)–C–C–N with tert-alkyl or cyclic N) is 1. The van der Waals surface area contributed by atoms with Crippen molar-refractivity contribution in [1.29, 1.82) is 0 Å². The van der Waals surface area contributed by atoms with Crippen LogP contribution in [0.3, 0.4) is 0 Å². The summed E-state index contributed by atoms with van der Waals surface area (Å²) in [5.74, 6) is 0.618. The Bertz CT molecular complexity index is 2670. The first-order chi connectivity index (χ1) is 31.3. The van der Waals surface area contributed by atoms with Crippen LogP contribution in [-0.2, 0) is 35.8 Å². The Morgan fingerprint density at radius 2 is 1.57 bits per heavy atom. The molecule has 2 fully saturated rings. The molecule has 2 saturated heterocycles. The van der Waals surface area contributed by atoms with Crippen LogP contribution in [0.1, 0.15) is 52.6 Å². The number of methoxy groups -OCH3 is 1. The molecule has 0 saturated carbocycles. The lowest BCUT2D eigenvalue weighted by molar-refractivity contribution is -0.146. The lowest BCUT2D eigenvalue weighted by Crippen LogP contribution is -2.36. The van der Waals surface area contributed by atoms with E-state index < -0.39 is 25.4 Å². The van der Waals surface area contributed by atoms with E-state index in [1.807, 2.05) is 55.1 Å². The molecule has 2 aromatic heterocycles. The number of esters is 1. The minimum atomic E-state index is -3.07. The van der Waals surface area contributed by atoms with Gasteiger partial charge in [-0.25, -0.2) is 4.98 Å². The summed E-state index contributed by atoms with van der Waals surface area (Å²) >= 11 is 6.84. The zero-order valence-corrected chi connectivity index (χ0v) is 36.6. The second kappa shape index (κ2) is 20.1. The number of alkyl halides is 4. The minimum Gasteiger partial charge on any atom is -0.488 e. The molecule has 4 heterocycles. The summed E-state index contributed by atoms with van der Waals surface area (Å²) in [7, 11) is 1.33. The van der Waals surface area contributed by atoms with Gasteiger partial charge in [-0.15, -0.1) is 0 Å². The number of ether oxygens (including phenoxy) is 5. The smallest absolute Gasteiger partial charge is 0.387 e. The molecule has 65 heavy (non-hydrogen) atoms. The molecule has 17 heteroatoms. The molecule has 8 rings (SSSR count). The molecule has 0 amide bonds. The van der Waals surface area contributed by atoms with E-state index in [-0.39, 0.29) is 42.8 Å². The summed E-state index contributed by atoms with van der Waals surface area (Å²) in [6, 6.07) is 19.2. The molecule has 0 spiro atoms. The molecule has 0 radical (unpaired) electrons. The van der Waals surface area contributed by atoms with Gasteiger partial charge < -0.3 is 33.2 Å². The van der Waals surface area contributed by atoms with E-state index in [1.54, 1.807) is 18.2 Å². The number of pyridine rings is 1. The number of carbonyl (C=O) groups excluding carboxylic acids is 1. The summed E-state index contributed by atoms with van der Waals surface area (Å²) < 4.78 is 86.3. The summed E-state index contributed by atoms with van der Waals surface area (Å²) in [5.41, 5.74) is 7.70. The van der Waals surface area contributed by atoms with Gasteiger partial charge in [0.2, 0.25) is 5.89 Å². The lowest BCUT2D eigenvalue weighted by Gasteiger charge is -2.23. The fourth-order valence-electron chi connectivity index (χ4n) is 8.54. The Balaban J connectivity index is 1.04. The van der Waals surface area contributed by atoms with Gasteiger partial charge in [0.25, 0.3) is 0 Å². The Hall–Kier alpha value is -5.94. The van der Waals surface area contributed by atoms with E-state index in [1.165, 1.54) is 31.6 Å². The van der Waals surface area contributed by atoms with Gasteiger partial charge in [-0.05, 0) is 91.7 Å². The molecule has 0 bridgehead atoms. The predicted octanol–water partition coefficient (Wildman–Crippen LogP) is 9.89. The lowest BCUT2D eigenvalue weighted by atomic mass is 9.91. The third-order valence-electron chi connectivity index (χ3n) is 11.8. The number of aliphatic hydroxyl groups is 1. The number of oxazole rings is 1. The fourth-order valence-corrected chi connectivity index (χ4v) is 8.78. The molecule has 2 aliphatic rings. The second-order valence-electron chi connectivity index (χ2n) is 16.1. The minimum absolute atomic E-state index is 0.0000577. The second-order valence-corrected chi connectivity index (χ2v) is 16.5. The topological polar surface area (TPSA) is 129 Å². The van der Waals surface area contributed by atoms with E-state index in [0.717, 1.165) is 39.8 Å². The molecule has 4 aromatic carbocycles. The fraction of sp³-hybridized carbons (Fsp3) is 0.354. The maximum Gasteiger partial charge on any atom is 0.387 e. The van der Waals surface area contributed by atoms with Gasteiger partial charge in [-0.2, -0.15) is 17.6 Å². The van der Waals surface area contributed by atoms with Gasteiger partial charge >= 0.3 is 19.2 Å². The van der Waals surface area contributed by atoms with Crippen molar-refractivity contribution in [3.05, 3.63) is 118 Å². The monoisotopic (exact) mass is 918 g/mol. The van der Waals surface area contributed by atoms with Crippen molar-refractivity contribution in [3.8, 4) is 45.6 Å². The zero-order valence-electron chi connectivity index (χ0n) is 35.9. The van der Waals surface area contributed by atoms with Gasteiger partial charge in [0, 0.05) is 66.8 Å². The van der Waals surface area contributed by atoms with Gasteiger partial charge in [0.15, 0.2) is 5.58 Å². The van der Waals surface area contributed by atoms with E-state index in [4.69, 9.17) is 39.9 Å². The molecule has 0 unspecified atom stereocenters. The molecular weight excluding hydrogens is 872 g/mol. The highest BCUT2D eigenvalue weighted by molar-refractivity contribution is 6.32. The van der Waals surface area contributed by atoms with Crippen molar-refractivity contribution in [1.82, 2.24) is 19.8 Å². The van der Waals surface area contributed by atoms with Crippen molar-refractivity contribution < 1.29 is 55.6 Å². The van der Waals surface area contributed by atoms with Gasteiger partial charge in [-0.1, -0.05) is 41.9 Å². The standard InChI is InChI=1S/C48H47ClF4N4O8/c1-27-30(26-62-43-18-41(31(16-38(43)49)22-56-14-12-33(58)24-56)61-25-29-15-34(21-54-20-29)63-47(50)51)7-4-8-35(27)36-9-5-10-37(28(36)2)45-55-39-17-32(42(65-48(52)53)19-44(39)64-45)23-57-13-6-11-40(57)46(59)60-3/h4-5,7-10,15-21,33,40,47-48,58H,6,11-14,22-26H2,1-3H3/t33-,40+/m1/s1. The molecule has 12 nitrogen and oxygen atoms in total. The van der Waals surface area contributed by atoms with Gasteiger partial charge in [0.1, 0.15) is 47.8 Å². The van der Waals surface area contributed by atoms with Crippen molar-refractivity contribution in [2.45, 2.75) is 84.8 Å². The number of hydrogen-bond acceptors (Lipinski definition) is 12. The highest BCUT2D eigenvalue weighted by Crippen LogP contribution is 2.39. The number of benzene rings is 4. The van der Waals surface area contributed by atoms with Crippen LogP contribution < -0.4 is 18.9 Å². The molecule has 6 aromatic rings. The number of hydrogen-bond donors (Lipinski definition) is 1. The van der Waals surface area contributed by atoms with Crippen LogP contribution in [0.5, 0.6) is 23.0 Å². The highest BCUT2D eigenvalue weighted by atomic mass is 35.5. The van der Waals surface area contributed by atoms with Crippen LogP contribution >= 0.6 is 11.6 Å². The number of nitrogens with zero attached hydrogens (tertiary/aromatic N) is 4. The normalized spacial score (nSPS) is 16.8. The van der Waals surface area contributed by atoms with Crippen LogP contribution in [0.4, 0.5) is 17.6 Å².